The first-order valence-corrected chi connectivity index (χ1v) is 2.43. The molecule has 0 heterocycles. The Bertz CT molecular complexity index is 95.7. The van der Waals surface area contributed by atoms with Gasteiger partial charge in [-0.05, 0) is 13.8 Å². The molecule has 0 aromatic rings. The van der Waals surface area contributed by atoms with Crippen LogP contribution in [0.2, 0.25) is 0 Å². The predicted molar refractivity (Wildman–Crippen MR) is 33.9 cm³/mol. The second kappa shape index (κ2) is 3.23. The summed E-state index contributed by atoms with van der Waals surface area (Å²) in [5, 5.41) is 0. The molecule has 0 fully saturated rings. The summed E-state index contributed by atoms with van der Waals surface area (Å²) in [6, 6.07) is 0. The Morgan fingerprint density at radius 3 is 1.40 bits per heavy atom. The summed E-state index contributed by atoms with van der Waals surface area (Å²) < 4.78 is 39.3. The van der Waals surface area contributed by atoms with Gasteiger partial charge in [0.2, 0.25) is 0 Å². The van der Waals surface area contributed by atoms with Crippen molar-refractivity contribution >= 4 is 0 Å². The van der Waals surface area contributed by atoms with Gasteiger partial charge in [0.1, 0.15) is 0 Å². The molecule has 0 N–H and O–H groups in total. The van der Waals surface area contributed by atoms with Gasteiger partial charge in [-0.3, -0.25) is 0 Å². The molecule has 0 bridgehead atoms. The average Bonchev–Trinajstić information content (AvgIpc) is 1.64. The average molecular weight is 158 g/mol. The SMILES string of the molecule is C.COC(C)(C)C(F)(F)F. The number of alkyl halides is 3. The minimum absolute atomic E-state index is 0. The van der Waals surface area contributed by atoms with E-state index in [1.54, 1.807) is 0 Å². The van der Waals surface area contributed by atoms with Crippen LogP contribution in [-0.2, 0) is 4.74 Å². The highest BCUT2D eigenvalue weighted by Gasteiger charge is 2.47. The molecule has 0 rings (SSSR count). The Morgan fingerprint density at radius 2 is 1.40 bits per heavy atom. The van der Waals surface area contributed by atoms with Crippen molar-refractivity contribution in [2.24, 2.45) is 0 Å². The van der Waals surface area contributed by atoms with Crippen molar-refractivity contribution < 1.29 is 17.9 Å². The second-order valence-electron chi connectivity index (χ2n) is 2.21. The number of hydrogen-bond acceptors (Lipinski definition) is 1. The highest BCUT2D eigenvalue weighted by atomic mass is 19.4. The van der Waals surface area contributed by atoms with Gasteiger partial charge < -0.3 is 4.74 Å². The lowest BCUT2D eigenvalue weighted by atomic mass is 10.1. The first-order chi connectivity index (χ1) is 3.81. The molecule has 0 amide bonds. The Kier molecular flexibility index (Phi) is 4.02. The van der Waals surface area contributed by atoms with Crippen LogP contribution in [-0.4, -0.2) is 18.9 Å². The Morgan fingerprint density at radius 1 is 1.10 bits per heavy atom. The van der Waals surface area contributed by atoms with Gasteiger partial charge in [0.15, 0.2) is 5.60 Å². The van der Waals surface area contributed by atoms with Crippen molar-refractivity contribution in [1.82, 2.24) is 0 Å². The second-order valence-corrected chi connectivity index (χ2v) is 2.21. The number of halogens is 3. The van der Waals surface area contributed by atoms with E-state index < -0.39 is 11.8 Å². The monoisotopic (exact) mass is 158 g/mol. The Hall–Kier alpha value is -0.250. The maximum atomic E-state index is 11.7. The molecule has 1 nitrogen and oxygen atoms in total. The van der Waals surface area contributed by atoms with E-state index in [0.717, 1.165) is 21.0 Å². The summed E-state index contributed by atoms with van der Waals surface area (Å²) >= 11 is 0. The van der Waals surface area contributed by atoms with Crippen LogP contribution >= 0.6 is 0 Å². The van der Waals surface area contributed by atoms with E-state index in [4.69, 9.17) is 0 Å². The third-order valence-electron chi connectivity index (χ3n) is 1.19. The lowest BCUT2D eigenvalue weighted by Gasteiger charge is -2.25. The van der Waals surface area contributed by atoms with E-state index >= 15 is 0 Å². The van der Waals surface area contributed by atoms with E-state index in [0.29, 0.717) is 0 Å². The van der Waals surface area contributed by atoms with Crippen LogP contribution in [0.5, 0.6) is 0 Å². The van der Waals surface area contributed by atoms with Crippen molar-refractivity contribution in [1.29, 1.82) is 0 Å². The molecule has 0 aliphatic heterocycles. The van der Waals surface area contributed by atoms with E-state index in [1.807, 2.05) is 0 Å². The molecule has 0 unspecified atom stereocenters. The minimum atomic E-state index is -4.28. The van der Waals surface area contributed by atoms with Gasteiger partial charge in [-0.15, -0.1) is 0 Å². The third-order valence-corrected chi connectivity index (χ3v) is 1.19. The Balaban J connectivity index is 0. The summed E-state index contributed by atoms with van der Waals surface area (Å²) in [7, 11) is 1.04. The molecule has 0 atom stereocenters. The summed E-state index contributed by atoms with van der Waals surface area (Å²) in [4.78, 5) is 0. The van der Waals surface area contributed by atoms with E-state index in [2.05, 4.69) is 4.74 Å². The molecule has 0 aliphatic carbocycles. The standard InChI is InChI=1S/C5H9F3O.CH4/c1-4(2,9-3)5(6,7)8;/h1-3H3;1H4. The van der Waals surface area contributed by atoms with Gasteiger partial charge >= 0.3 is 6.18 Å². The number of ether oxygens (including phenoxy) is 1. The van der Waals surface area contributed by atoms with Crippen molar-refractivity contribution in [3.05, 3.63) is 0 Å². The normalized spacial score (nSPS) is 12.6. The number of hydrogen-bond donors (Lipinski definition) is 0. The van der Waals surface area contributed by atoms with E-state index in [1.165, 1.54) is 0 Å². The zero-order chi connectivity index (χ0) is 7.71. The predicted octanol–water partition coefficient (Wildman–Crippen LogP) is 2.61. The van der Waals surface area contributed by atoms with Gasteiger partial charge in [-0.25, -0.2) is 0 Å². The van der Waals surface area contributed by atoms with Gasteiger partial charge in [-0.2, -0.15) is 13.2 Å². The lowest BCUT2D eigenvalue weighted by molar-refractivity contribution is -0.255. The molecule has 64 valence electrons. The van der Waals surface area contributed by atoms with Crippen LogP contribution < -0.4 is 0 Å². The summed E-state index contributed by atoms with van der Waals surface area (Å²) in [5.74, 6) is 0. The molecule has 0 aliphatic rings. The van der Waals surface area contributed by atoms with Gasteiger partial charge in [0, 0.05) is 7.11 Å². The van der Waals surface area contributed by atoms with Crippen LogP contribution in [0.3, 0.4) is 0 Å². The number of rotatable bonds is 1. The minimum Gasteiger partial charge on any atom is -0.369 e. The molecule has 0 aromatic carbocycles. The van der Waals surface area contributed by atoms with Crippen LogP contribution in [0.1, 0.15) is 21.3 Å². The van der Waals surface area contributed by atoms with Crippen LogP contribution in [0.15, 0.2) is 0 Å². The molecule has 0 aromatic heterocycles. The molecular formula is C6H13F3O. The highest BCUT2D eigenvalue weighted by molar-refractivity contribution is 4.76. The van der Waals surface area contributed by atoms with E-state index in [-0.39, 0.29) is 7.43 Å². The van der Waals surface area contributed by atoms with Crippen LogP contribution in [0.25, 0.3) is 0 Å². The molecule has 10 heavy (non-hydrogen) atoms. The maximum absolute atomic E-state index is 11.7. The number of methoxy groups -OCH3 is 1. The summed E-state index contributed by atoms with van der Waals surface area (Å²) in [6.07, 6.45) is -4.28. The molecule has 0 spiro atoms. The largest absolute Gasteiger partial charge is 0.416 e. The molecule has 4 heteroatoms. The molecule has 0 saturated heterocycles. The lowest BCUT2D eigenvalue weighted by Crippen LogP contribution is -2.40. The summed E-state index contributed by atoms with van der Waals surface area (Å²) in [5.41, 5.74) is -2.02. The highest BCUT2D eigenvalue weighted by Crippen LogP contribution is 2.31. The fraction of sp³-hybridized carbons (Fsp3) is 1.00. The van der Waals surface area contributed by atoms with Crippen LogP contribution in [0.4, 0.5) is 13.2 Å². The molecule has 0 radical (unpaired) electrons. The van der Waals surface area contributed by atoms with Crippen molar-refractivity contribution in [2.45, 2.75) is 33.1 Å². The van der Waals surface area contributed by atoms with E-state index in [9.17, 15) is 13.2 Å². The zero-order valence-corrected chi connectivity index (χ0v) is 5.54. The van der Waals surface area contributed by atoms with Gasteiger partial charge in [0.05, 0.1) is 0 Å². The maximum Gasteiger partial charge on any atom is 0.416 e. The van der Waals surface area contributed by atoms with Crippen molar-refractivity contribution in [2.75, 3.05) is 7.11 Å². The molecule has 0 saturated carbocycles. The Labute approximate surface area is 59.2 Å². The zero-order valence-electron chi connectivity index (χ0n) is 5.54. The van der Waals surface area contributed by atoms with Crippen LogP contribution in [0, 0.1) is 0 Å². The van der Waals surface area contributed by atoms with Crippen molar-refractivity contribution in [3.8, 4) is 0 Å². The van der Waals surface area contributed by atoms with Gasteiger partial charge in [0.25, 0.3) is 0 Å². The fourth-order valence-electron chi connectivity index (χ4n) is 0.116. The first kappa shape index (κ1) is 12.4. The third kappa shape index (κ3) is 2.56. The van der Waals surface area contributed by atoms with Gasteiger partial charge in [-0.1, -0.05) is 7.43 Å². The smallest absolute Gasteiger partial charge is 0.369 e. The van der Waals surface area contributed by atoms with Crippen molar-refractivity contribution in [3.63, 3.8) is 0 Å². The topological polar surface area (TPSA) is 9.23 Å². The summed E-state index contributed by atoms with van der Waals surface area (Å²) in [6.45, 7) is 1.96. The molecular weight excluding hydrogens is 145 g/mol. The fourth-order valence-corrected chi connectivity index (χ4v) is 0.116. The first-order valence-electron chi connectivity index (χ1n) is 2.43. The quantitative estimate of drug-likeness (QED) is 0.570.